The SMILES string of the molecule is C/C=C(\CCF)CCCCCCCCCCN(N)C(=O)NN.CCCCCCCCCCCCCCCC(O)CCOC1OC(CO)C(O)C(O)C1O. The van der Waals surface area contributed by atoms with E-state index in [0.29, 0.717) is 19.4 Å². The topological polar surface area (TPSA) is 204 Å². The highest BCUT2D eigenvalue weighted by molar-refractivity contribution is 5.72. The van der Waals surface area contributed by atoms with E-state index in [0.717, 1.165) is 50.0 Å². The fourth-order valence-electron chi connectivity index (χ4n) is 6.48. The molecule has 1 heterocycles. The number of hydrazine groups is 2. The van der Waals surface area contributed by atoms with Gasteiger partial charge in [-0.05, 0) is 45.4 Å². The lowest BCUT2D eigenvalue weighted by Crippen LogP contribution is -2.59. The third-order valence-corrected chi connectivity index (χ3v) is 10.1. The molecule has 12 nitrogen and oxygen atoms in total. The molecule has 1 saturated heterocycles. The lowest BCUT2D eigenvalue weighted by atomic mass is 9.99. The number of hydrogen-bond donors (Lipinski definition) is 8. The van der Waals surface area contributed by atoms with E-state index in [2.05, 4.69) is 6.92 Å². The van der Waals surface area contributed by atoms with E-state index < -0.39 is 49.4 Å². The number of urea groups is 1. The van der Waals surface area contributed by atoms with E-state index in [1.807, 2.05) is 18.4 Å². The molecular formula is C40H81FN4O8. The predicted molar refractivity (Wildman–Crippen MR) is 210 cm³/mol. The van der Waals surface area contributed by atoms with E-state index in [1.165, 1.54) is 108 Å². The van der Waals surface area contributed by atoms with Crippen LogP contribution in [0.25, 0.3) is 0 Å². The molecule has 1 aliphatic heterocycles. The molecule has 2 amide bonds. The van der Waals surface area contributed by atoms with Gasteiger partial charge in [-0.15, -0.1) is 0 Å². The number of halogens is 1. The molecule has 13 heteroatoms. The Hall–Kier alpha value is -1.42. The number of carbonyl (C=O) groups excluding carboxylic acids is 1. The van der Waals surface area contributed by atoms with Gasteiger partial charge in [0.2, 0.25) is 0 Å². The second kappa shape index (κ2) is 36.2. The van der Waals surface area contributed by atoms with Crippen molar-refractivity contribution in [1.29, 1.82) is 0 Å². The van der Waals surface area contributed by atoms with Crippen molar-refractivity contribution in [3.63, 3.8) is 0 Å². The van der Waals surface area contributed by atoms with Crippen LogP contribution in [0.1, 0.15) is 174 Å². The summed E-state index contributed by atoms with van der Waals surface area (Å²) in [6.45, 7) is 4.22. The molecule has 0 saturated carbocycles. The maximum Gasteiger partial charge on any atom is 0.345 e. The van der Waals surface area contributed by atoms with Gasteiger partial charge >= 0.3 is 6.03 Å². The van der Waals surface area contributed by atoms with E-state index in [-0.39, 0.29) is 13.3 Å². The van der Waals surface area contributed by atoms with E-state index in [4.69, 9.17) is 21.2 Å². The van der Waals surface area contributed by atoms with Crippen molar-refractivity contribution in [3.8, 4) is 0 Å². The summed E-state index contributed by atoms with van der Waals surface area (Å²) < 4.78 is 22.9. The van der Waals surface area contributed by atoms with Crippen LogP contribution >= 0.6 is 0 Å². The van der Waals surface area contributed by atoms with E-state index in [1.54, 1.807) is 0 Å². The number of nitrogens with one attached hydrogen (secondary N) is 1. The van der Waals surface area contributed by atoms with Crippen molar-refractivity contribution in [2.24, 2.45) is 11.7 Å². The first-order chi connectivity index (χ1) is 25.7. The number of hydrogen-bond acceptors (Lipinski definition) is 10. The summed E-state index contributed by atoms with van der Waals surface area (Å²) in [5.41, 5.74) is 3.25. The number of amides is 2. The molecular weight excluding hydrogens is 683 g/mol. The molecule has 1 fully saturated rings. The monoisotopic (exact) mass is 765 g/mol. The number of alkyl halides is 1. The average molecular weight is 765 g/mol. The molecule has 1 aliphatic rings. The number of ether oxygens (including phenoxy) is 2. The van der Waals surface area contributed by atoms with Crippen LogP contribution < -0.4 is 17.1 Å². The second-order valence-electron chi connectivity index (χ2n) is 14.6. The Labute approximate surface area is 321 Å². The molecule has 0 spiro atoms. The molecule has 0 aromatic rings. The number of nitrogens with zero attached hydrogens (tertiary/aromatic N) is 1. The number of allylic oxidation sites excluding steroid dienone is 2. The number of aliphatic hydroxyl groups excluding tert-OH is 5. The fraction of sp³-hybridized carbons (Fsp3) is 0.925. The Kier molecular flexibility index (Phi) is 35.3. The fourth-order valence-corrected chi connectivity index (χ4v) is 6.48. The first-order valence-corrected chi connectivity index (χ1v) is 21.0. The van der Waals surface area contributed by atoms with Crippen LogP contribution in [-0.2, 0) is 9.47 Å². The van der Waals surface area contributed by atoms with Crippen LogP contribution in [0.15, 0.2) is 11.6 Å². The average Bonchev–Trinajstić information content (AvgIpc) is 3.16. The zero-order chi connectivity index (χ0) is 39.5. The highest BCUT2D eigenvalue weighted by Crippen LogP contribution is 2.22. The summed E-state index contributed by atoms with van der Waals surface area (Å²) in [7, 11) is 0. The van der Waals surface area contributed by atoms with Gasteiger partial charge in [-0.3, -0.25) is 14.8 Å². The molecule has 1 rings (SSSR count). The standard InChI is InChI=1S/C24H48O7.C16H33FN4O/c1-2-3-4-5-6-7-8-9-10-11-12-13-14-15-19(26)16-17-30-24-23(29)22(28)21(27)20(18-25)31-24;1-2-15(12-13-17)11-9-7-5-3-4-6-8-10-14-21(19)16(22)20-18/h19-29H,2-18H2,1H3;2H,3-14,18-19H2,1H3,(H,20,22)/b;15-2-. The van der Waals surface area contributed by atoms with Gasteiger partial charge in [0.1, 0.15) is 24.4 Å². The summed E-state index contributed by atoms with van der Waals surface area (Å²) in [5, 5.41) is 49.8. The maximum absolute atomic E-state index is 12.2. The minimum Gasteiger partial charge on any atom is -0.394 e. The van der Waals surface area contributed by atoms with Crippen molar-refractivity contribution in [1.82, 2.24) is 10.4 Å². The second-order valence-corrected chi connectivity index (χ2v) is 14.6. The molecule has 0 aromatic heterocycles. The van der Waals surface area contributed by atoms with Crippen molar-refractivity contribution in [2.75, 3.05) is 26.4 Å². The van der Waals surface area contributed by atoms with Crippen LogP contribution in [0.5, 0.6) is 0 Å². The molecule has 316 valence electrons. The summed E-state index contributed by atoms with van der Waals surface area (Å²) in [6.07, 6.45) is 24.1. The van der Waals surface area contributed by atoms with Crippen molar-refractivity contribution < 1.29 is 44.2 Å². The van der Waals surface area contributed by atoms with Crippen molar-refractivity contribution in [3.05, 3.63) is 11.6 Å². The van der Waals surface area contributed by atoms with Crippen LogP contribution in [0.4, 0.5) is 9.18 Å². The summed E-state index contributed by atoms with van der Waals surface area (Å²) in [6, 6.07) is -0.451. The molecule has 0 aliphatic carbocycles. The van der Waals surface area contributed by atoms with Gasteiger partial charge < -0.3 is 35.0 Å². The van der Waals surface area contributed by atoms with Crippen LogP contribution in [0, 0.1) is 0 Å². The molecule has 0 radical (unpaired) electrons. The lowest BCUT2D eigenvalue weighted by molar-refractivity contribution is -0.301. The molecule has 0 bridgehead atoms. The van der Waals surface area contributed by atoms with Crippen molar-refractivity contribution >= 4 is 6.03 Å². The summed E-state index contributed by atoms with van der Waals surface area (Å²) in [4.78, 5) is 11.0. The number of rotatable bonds is 32. The number of unbranched alkanes of at least 4 members (excludes halogenated alkanes) is 19. The molecule has 6 unspecified atom stereocenters. The van der Waals surface area contributed by atoms with Crippen LogP contribution in [0.3, 0.4) is 0 Å². The minimum atomic E-state index is -1.44. The van der Waals surface area contributed by atoms with Crippen LogP contribution in [-0.4, -0.2) is 99.8 Å². The number of nitrogens with two attached hydrogens (primary N) is 2. The Morgan fingerprint density at radius 2 is 1.30 bits per heavy atom. The number of carbonyl (C=O) groups is 1. The third kappa shape index (κ3) is 27.8. The molecule has 53 heavy (non-hydrogen) atoms. The van der Waals surface area contributed by atoms with E-state index in [9.17, 15) is 34.7 Å². The normalized spacial score (nSPS) is 20.9. The van der Waals surface area contributed by atoms with Gasteiger partial charge in [0.05, 0.1) is 26.0 Å². The predicted octanol–water partition coefficient (Wildman–Crippen LogP) is 6.60. The zero-order valence-corrected chi connectivity index (χ0v) is 33.5. The first-order valence-electron chi connectivity index (χ1n) is 21.0. The molecule has 10 N–H and O–H groups in total. The first kappa shape index (κ1) is 51.6. The van der Waals surface area contributed by atoms with Gasteiger partial charge in [0.25, 0.3) is 0 Å². The van der Waals surface area contributed by atoms with Crippen molar-refractivity contribution in [2.45, 2.75) is 211 Å². The third-order valence-electron chi connectivity index (χ3n) is 10.1. The van der Waals surface area contributed by atoms with Gasteiger partial charge in [0.15, 0.2) is 6.29 Å². The smallest absolute Gasteiger partial charge is 0.345 e. The quantitative estimate of drug-likeness (QED) is 0.0121. The van der Waals surface area contributed by atoms with Gasteiger partial charge in [-0.2, -0.15) is 0 Å². The van der Waals surface area contributed by atoms with Gasteiger partial charge in [-0.1, -0.05) is 141 Å². The Balaban J connectivity index is 0.00000108. The zero-order valence-electron chi connectivity index (χ0n) is 33.5. The summed E-state index contributed by atoms with van der Waals surface area (Å²) in [5.74, 6) is 10.5. The molecule has 0 aromatic carbocycles. The van der Waals surface area contributed by atoms with Crippen LogP contribution in [0.2, 0.25) is 0 Å². The Bertz CT molecular complexity index is 860. The largest absolute Gasteiger partial charge is 0.394 e. The molecule has 6 atom stereocenters. The highest BCUT2D eigenvalue weighted by Gasteiger charge is 2.43. The Morgan fingerprint density at radius 3 is 1.79 bits per heavy atom. The van der Waals surface area contributed by atoms with Gasteiger partial charge in [-0.25, -0.2) is 16.5 Å². The maximum atomic E-state index is 12.2. The lowest BCUT2D eigenvalue weighted by Gasteiger charge is -2.39. The number of aliphatic hydroxyl groups is 5. The summed E-state index contributed by atoms with van der Waals surface area (Å²) >= 11 is 0. The van der Waals surface area contributed by atoms with Gasteiger partial charge in [0, 0.05) is 6.54 Å². The minimum absolute atomic E-state index is 0.169. The van der Waals surface area contributed by atoms with E-state index >= 15 is 0 Å². The highest BCUT2D eigenvalue weighted by atomic mass is 19.1. The Morgan fingerprint density at radius 1 is 0.792 bits per heavy atom.